The molecule has 2 heterocycles. The van der Waals surface area contributed by atoms with E-state index in [1.54, 1.807) is 0 Å². The molecule has 0 saturated heterocycles. The maximum Gasteiger partial charge on any atom is 0.164 e. The second-order valence-corrected chi connectivity index (χ2v) is 13.7. The first-order valence-corrected chi connectivity index (χ1v) is 18.0. The highest BCUT2D eigenvalue weighted by molar-refractivity contribution is 6.19. The Morgan fingerprint density at radius 1 is 0.415 bits per heavy atom. The van der Waals surface area contributed by atoms with Gasteiger partial charge < -0.3 is 4.90 Å². The minimum Gasteiger partial charge on any atom is -0.309 e. The monoisotopic (exact) mass is 678 g/mol. The number of rotatable bonds is 5. The first kappa shape index (κ1) is 30.9. The number of benzene rings is 8. The Kier molecular flexibility index (Phi) is 7.22. The quantitative estimate of drug-likeness (QED) is 0.182. The topological polar surface area (TPSA) is 41.9 Å². The van der Waals surface area contributed by atoms with Crippen LogP contribution in [0.5, 0.6) is 0 Å². The fraction of sp³-hybridized carbons (Fsp3) is 0.0408. The molecule has 250 valence electrons. The molecular formula is C49H34N4. The molecule has 1 aliphatic heterocycles. The molecule has 0 radical (unpaired) electrons. The zero-order valence-corrected chi connectivity index (χ0v) is 29.5. The molecule has 0 unspecified atom stereocenters. The number of fused-ring (bicyclic) bond motifs is 4. The van der Waals surface area contributed by atoms with Crippen LogP contribution >= 0.6 is 0 Å². The molecule has 0 bridgehead atoms. The van der Waals surface area contributed by atoms with Crippen molar-refractivity contribution in [3.05, 3.63) is 181 Å². The van der Waals surface area contributed by atoms with Gasteiger partial charge in [0.2, 0.25) is 0 Å². The second-order valence-electron chi connectivity index (χ2n) is 13.7. The molecule has 9 aromatic rings. The van der Waals surface area contributed by atoms with E-state index in [0.29, 0.717) is 17.5 Å². The van der Waals surface area contributed by atoms with Crippen LogP contribution in [0.15, 0.2) is 170 Å². The second kappa shape index (κ2) is 12.4. The maximum atomic E-state index is 5.22. The Bertz CT molecular complexity index is 2870. The van der Waals surface area contributed by atoms with E-state index < -0.39 is 0 Å². The molecule has 1 aliphatic rings. The molecule has 10 rings (SSSR count). The number of hydrogen-bond donors (Lipinski definition) is 0. The van der Waals surface area contributed by atoms with Crippen LogP contribution in [0.4, 0.5) is 17.1 Å². The summed E-state index contributed by atoms with van der Waals surface area (Å²) in [7, 11) is 0. The van der Waals surface area contributed by atoms with Crippen molar-refractivity contribution in [3.63, 3.8) is 0 Å². The van der Waals surface area contributed by atoms with Gasteiger partial charge in [0, 0.05) is 33.3 Å². The molecule has 53 heavy (non-hydrogen) atoms. The van der Waals surface area contributed by atoms with Gasteiger partial charge in [0.15, 0.2) is 17.5 Å². The van der Waals surface area contributed by atoms with Gasteiger partial charge in [-0.05, 0) is 82.1 Å². The lowest BCUT2D eigenvalue weighted by molar-refractivity contribution is 1.07. The van der Waals surface area contributed by atoms with Gasteiger partial charge in [0.1, 0.15) is 0 Å². The van der Waals surface area contributed by atoms with E-state index in [-0.39, 0.29) is 0 Å². The molecule has 0 aliphatic carbocycles. The van der Waals surface area contributed by atoms with Crippen LogP contribution < -0.4 is 4.90 Å². The molecule has 0 N–H and O–H groups in total. The highest BCUT2D eigenvalue weighted by Gasteiger charge is 2.28. The van der Waals surface area contributed by atoms with E-state index >= 15 is 0 Å². The van der Waals surface area contributed by atoms with Crippen LogP contribution in [0.25, 0.3) is 78.0 Å². The minimum absolute atomic E-state index is 0.630. The van der Waals surface area contributed by atoms with Gasteiger partial charge in [-0.2, -0.15) is 0 Å². The van der Waals surface area contributed by atoms with E-state index in [9.17, 15) is 0 Å². The summed E-state index contributed by atoms with van der Waals surface area (Å²) in [6.07, 6.45) is 0. The Balaban J connectivity index is 1.17. The van der Waals surface area contributed by atoms with Crippen LogP contribution in [0.3, 0.4) is 0 Å². The molecular weight excluding hydrogens is 645 g/mol. The Morgan fingerprint density at radius 2 is 1.04 bits per heavy atom. The van der Waals surface area contributed by atoms with Gasteiger partial charge in [-0.1, -0.05) is 146 Å². The first-order valence-electron chi connectivity index (χ1n) is 18.0. The largest absolute Gasteiger partial charge is 0.309 e. The van der Waals surface area contributed by atoms with Gasteiger partial charge in [-0.25, -0.2) is 15.0 Å². The number of aromatic nitrogens is 3. The van der Waals surface area contributed by atoms with Gasteiger partial charge >= 0.3 is 0 Å². The van der Waals surface area contributed by atoms with Crippen molar-refractivity contribution in [1.82, 2.24) is 15.0 Å². The van der Waals surface area contributed by atoms with Crippen LogP contribution in [0.1, 0.15) is 11.1 Å². The van der Waals surface area contributed by atoms with Crippen molar-refractivity contribution < 1.29 is 0 Å². The highest BCUT2D eigenvalue weighted by atomic mass is 15.2. The minimum atomic E-state index is 0.630. The lowest BCUT2D eigenvalue weighted by Crippen LogP contribution is -2.15. The van der Waals surface area contributed by atoms with E-state index in [2.05, 4.69) is 170 Å². The predicted molar refractivity (Wildman–Crippen MR) is 220 cm³/mol. The van der Waals surface area contributed by atoms with Crippen molar-refractivity contribution in [2.75, 3.05) is 4.90 Å². The molecule has 4 heteroatoms. The van der Waals surface area contributed by atoms with Crippen LogP contribution in [0, 0.1) is 13.8 Å². The maximum absolute atomic E-state index is 5.22. The standard InChI is InChI=1S/C49H34N4/c1-31-14-6-8-22-38(31)39-24-13-25-40(32(39)2)49-51-47(35-16-4-3-5-17-35)50-48(52-49)36-20-10-21-37(30-36)53-43-27-12-19-34-18-11-26-42(45(34)43)46-41-23-9-7-15-33(41)28-29-44(46)53/h3-30H,1-2H3. The number of nitrogens with zero attached hydrogens (tertiary/aromatic N) is 4. The number of aryl methyl sites for hydroxylation is 1. The first-order chi connectivity index (χ1) is 26.1. The van der Waals surface area contributed by atoms with E-state index in [0.717, 1.165) is 39.3 Å². The molecule has 8 aromatic carbocycles. The smallest absolute Gasteiger partial charge is 0.164 e. The van der Waals surface area contributed by atoms with Crippen molar-refractivity contribution in [2.24, 2.45) is 0 Å². The average Bonchev–Trinajstić information content (AvgIpc) is 3.21. The number of anilines is 3. The Hall–Kier alpha value is -6.91. The highest BCUT2D eigenvalue weighted by Crippen LogP contribution is 2.53. The SMILES string of the molecule is Cc1ccccc1-c1cccc(-c2nc(-c3ccccc3)nc(-c3cccc(N4c5ccc6ccccc6c5-c5cccc6cccc4c56)c3)n2)c1C. The van der Waals surface area contributed by atoms with E-state index in [1.165, 1.54) is 49.4 Å². The molecule has 0 amide bonds. The summed E-state index contributed by atoms with van der Waals surface area (Å²) in [5.41, 5.74) is 13.5. The van der Waals surface area contributed by atoms with Crippen molar-refractivity contribution in [2.45, 2.75) is 13.8 Å². The van der Waals surface area contributed by atoms with Gasteiger partial charge in [0.25, 0.3) is 0 Å². The summed E-state index contributed by atoms with van der Waals surface area (Å²) < 4.78 is 0. The Labute approximate surface area is 308 Å². The molecule has 0 saturated carbocycles. The third kappa shape index (κ3) is 5.10. The predicted octanol–water partition coefficient (Wildman–Crippen LogP) is 12.9. The molecule has 4 nitrogen and oxygen atoms in total. The summed E-state index contributed by atoms with van der Waals surface area (Å²) in [5, 5.41) is 4.94. The summed E-state index contributed by atoms with van der Waals surface area (Å²) in [5.74, 6) is 1.93. The molecule has 0 spiro atoms. The normalized spacial score (nSPS) is 11.9. The lowest BCUT2D eigenvalue weighted by atomic mass is 9.87. The summed E-state index contributed by atoms with van der Waals surface area (Å²) in [4.78, 5) is 17.9. The van der Waals surface area contributed by atoms with E-state index in [4.69, 9.17) is 15.0 Å². The fourth-order valence-electron chi connectivity index (χ4n) is 8.02. The summed E-state index contributed by atoms with van der Waals surface area (Å²) in [6.45, 7) is 4.32. The van der Waals surface area contributed by atoms with Gasteiger partial charge in [-0.3, -0.25) is 0 Å². The van der Waals surface area contributed by atoms with Gasteiger partial charge in [0.05, 0.1) is 11.4 Å². The average molecular weight is 679 g/mol. The van der Waals surface area contributed by atoms with Crippen molar-refractivity contribution in [3.8, 4) is 56.4 Å². The Morgan fingerprint density at radius 3 is 1.91 bits per heavy atom. The zero-order valence-electron chi connectivity index (χ0n) is 29.5. The number of hydrogen-bond acceptors (Lipinski definition) is 4. The third-order valence-corrected chi connectivity index (χ3v) is 10.6. The fourth-order valence-corrected chi connectivity index (χ4v) is 8.02. The van der Waals surface area contributed by atoms with Crippen LogP contribution in [-0.4, -0.2) is 15.0 Å². The van der Waals surface area contributed by atoms with Crippen molar-refractivity contribution in [1.29, 1.82) is 0 Å². The van der Waals surface area contributed by atoms with Crippen LogP contribution in [0.2, 0.25) is 0 Å². The van der Waals surface area contributed by atoms with Gasteiger partial charge in [-0.15, -0.1) is 0 Å². The molecule has 0 fully saturated rings. The third-order valence-electron chi connectivity index (χ3n) is 10.6. The summed E-state index contributed by atoms with van der Waals surface area (Å²) in [6, 6.07) is 60.2. The summed E-state index contributed by atoms with van der Waals surface area (Å²) >= 11 is 0. The zero-order chi connectivity index (χ0) is 35.5. The molecule has 1 aromatic heterocycles. The van der Waals surface area contributed by atoms with Crippen LogP contribution in [-0.2, 0) is 0 Å². The van der Waals surface area contributed by atoms with Crippen molar-refractivity contribution >= 4 is 38.6 Å². The molecule has 0 atom stereocenters. The van der Waals surface area contributed by atoms with E-state index in [1.807, 2.05) is 18.2 Å². The lowest BCUT2D eigenvalue weighted by Gasteiger charge is -2.34.